The first kappa shape index (κ1) is 15.6. The van der Waals surface area contributed by atoms with Crippen LogP contribution < -0.4 is 5.56 Å². The van der Waals surface area contributed by atoms with Gasteiger partial charge in [0.25, 0.3) is 5.56 Å². The molecular formula is C19H15ClN4O. The largest absolute Gasteiger partial charge is 0.285 e. The predicted octanol–water partition coefficient (Wildman–Crippen LogP) is 3.65. The molecule has 0 saturated carbocycles. The SMILES string of the molecule is Cn1c(-c2ccc3nccnc3c2)c(-c2cccc(Cl)c2)c(=O)n1C. The van der Waals surface area contributed by atoms with Gasteiger partial charge in [-0.3, -0.25) is 24.1 Å². The highest BCUT2D eigenvalue weighted by molar-refractivity contribution is 6.30. The van der Waals surface area contributed by atoms with Gasteiger partial charge in [-0.1, -0.05) is 29.8 Å². The van der Waals surface area contributed by atoms with Crippen molar-refractivity contribution < 1.29 is 0 Å². The summed E-state index contributed by atoms with van der Waals surface area (Å²) in [5.74, 6) is 0. The highest BCUT2D eigenvalue weighted by Crippen LogP contribution is 2.32. The molecule has 2 aromatic carbocycles. The van der Waals surface area contributed by atoms with Gasteiger partial charge in [0.05, 0.1) is 22.3 Å². The van der Waals surface area contributed by atoms with Gasteiger partial charge in [-0.15, -0.1) is 0 Å². The summed E-state index contributed by atoms with van der Waals surface area (Å²) < 4.78 is 3.43. The van der Waals surface area contributed by atoms with Gasteiger partial charge in [0.15, 0.2) is 0 Å². The fraction of sp³-hybridized carbons (Fsp3) is 0.105. The van der Waals surface area contributed by atoms with Gasteiger partial charge in [-0.05, 0) is 29.8 Å². The summed E-state index contributed by atoms with van der Waals surface area (Å²) in [6.07, 6.45) is 3.33. The molecule has 0 N–H and O–H groups in total. The molecule has 25 heavy (non-hydrogen) atoms. The first-order valence-corrected chi connectivity index (χ1v) is 8.17. The van der Waals surface area contributed by atoms with E-state index in [9.17, 15) is 4.79 Å². The highest BCUT2D eigenvalue weighted by Gasteiger charge is 2.20. The molecule has 4 aromatic rings. The molecule has 0 fully saturated rings. The maximum Gasteiger partial charge on any atom is 0.274 e. The third-order valence-corrected chi connectivity index (χ3v) is 4.61. The van der Waals surface area contributed by atoms with Crippen molar-refractivity contribution in [2.24, 2.45) is 14.1 Å². The second-order valence-corrected chi connectivity index (χ2v) is 6.28. The Bertz CT molecular complexity index is 1160. The fourth-order valence-corrected chi connectivity index (χ4v) is 3.25. The second kappa shape index (κ2) is 5.86. The minimum absolute atomic E-state index is 0.0704. The van der Waals surface area contributed by atoms with E-state index in [4.69, 9.17) is 11.6 Å². The van der Waals surface area contributed by atoms with Crippen LogP contribution >= 0.6 is 11.6 Å². The van der Waals surface area contributed by atoms with Crippen LogP contribution in [0.15, 0.2) is 59.7 Å². The number of halogens is 1. The first-order chi connectivity index (χ1) is 12.1. The van der Waals surface area contributed by atoms with Crippen LogP contribution in [0.4, 0.5) is 0 Å². The van der Waals surface area contributed by atoms with E-state index in [1.54, 1.807) is 30.2 Å². The maximum atomic E-state index is 12.8. The van der Waals surface area contributed by atoms with Crippen LogP contribution in [0.25, 0.3) is 33.4 Å². The zero-order chi connectivity index (χ0) is 17.6. The van der Waals surface area contributed by atoms with E-state index >= 15 is 0 Å². The normalized spacial score (nSPS) is 11.2. The smallest absolute Gasteiger partial charge is 0.274 e. The Morgan fingerprint density at radius 3 is 2.40 bits per heavy atom. The fourth-order valence-electron chi connectivity index (χ4n) is 3.06. The van der Waals surface area contributed by atoms with Crippen molar-refractivity contribution in [2.45, 2.75) is 0 Å². The van der Waals surface area contributed by atoms with Crippen molar-refractivity contribution in [2.75, 3.05) is 0 Å². The molecule has 0 atom stereocenters. The summed E-state index contributed by atoms with van der Waals surface area (Å²) in [6, 6.07) is 13.2. The van der Waals surface area contributed by atoms with E-state index < -0.39 is 0 Å². The number of benzene rings is 2. The summed E-state index contributed by atoms with van der Waals surface area (Å²) in [5, 5.41) is 0.596. The molecule has 6 heteroatoms. The Balaban J connectivity index is 2.03. The van der Waals surface area contributed by atoms with Crippen LogP contribution in [0.5, 0.6) is 0 Å². The highest BCUT2D eigenvalue weighted by atomic mass is 35.5. The number of hydrogen-bond donors (Lipinski definition) is 0. The summed E-state index contributed by atoms with van der Waals surface area (Å²) >= 11 is 6.14. The number of fused-ring (bicyclic) bond motifs is 1. The Kier molecular flexibility index (Phi) is 3.66. The van der Waals surface area contributed by atoms with E-state index in [1.807, 2.05) is 48.1 Å². The molecule has 0 radical (unpaired) electrons. The van der Waals surface area contributed by atoms with E-state index in [0.29, 0.717) is 10.6 Å². The third-order valence-electron chi connectivity index (χ3n) is 4.37. The molecule has 124 valence electrons. The second-order valence-electron chi connectivity index (χ2n) is 5.85. The lowest BCUT2D eigenvalue weighted by Gasteiger charge is -2.09. The van der Waals surface area contributed by atoms with Gasteiger partial charge in [-0.25, -0.2) is 0 Å². The lowest BCUT2D eigenvalue weighted by molar-refractivity contribution is 0.584. The van der Waals surface area contributed by atoms with Crippen molar-refractivity contribution in [1.82, 2.24) is 19.3 Å². The topological polar surface area (TPSA) is 52.7 Å². The maximum absolute atomic E-state index is 12.8. The van der Waals surface area contributed by atoms with Crippen molar-refractivity contribution >= 4 is 22.6 Å². The molecule has 0 spiro atoms. The zero-order valence-electron chi connectivity index (χ0n) is 13.8. The van der Waals surface area contributed by atoms with Crippen molar-refractivity contribution in [3.05, 3.63) is 70.2 Å². The monoisotopic (exact) mass is 350 g/mol. The Hall–Kier alpha value is -2.92. The minimum atomic E-state index is -0.0704. The molecule has 0 aliphatic carbocycles. The minimum Gasteiger partial charge on any atom is -0.285 e. The van der Waals surface area contributed by atoms with Crippen molar-refractivity contribution in [3.63, 3.8) is 0 Å². The first-order valence-electron chi connectivity index (χ1n) is 7.79. The lowest BCUT2D eigenvalue weighted by Crippen LogP contribution is -2.17. The van der Waals surface area contributed by atoms with E-state index in [-0.39, 0.29) is 5.56 Å². The summed E-state index contributed by atoms with van der Waals surface area (Å²) in [5.41, 5.74) is 4.67. The van der Waals surface area contributed by atoms with Crippen molar-refractivity contribution in [3.8, 4) is 22.4 Å². The van der Waals surface area contributed by atoms with E-state index in [1.165, 1.54) is 0 Å². The van der Waals surface area contributed by atoms with Crippen LogP contribution in [-0.4, -0.2) is 19.3 Å². The summed E-state index contributed by atoms with van der Waals surface area (Å²) in [4.78, 5) is 21.5. The van der Waals surface area contributed by atoms with E-state index in [2.05, 4.69) is 9.97 Å². The molecule has 0 aliphatic rings. The average molecular weight is 351 g/mol. The summed E-state index contributed by atoms with van der Waals surface area (Å²) in [6.45, 7) is 0. The Morgan fingerprint density at radius 1 is 0.880 bits per heavy atom. The van der Waals surface area contributed by atoms with Gasteiger partial charge < -0.3 is 0 Å². The van der Waals surface area contributed by atoms with E-state index in [0.717, 1.165) is 27.9 Å². The lowest BCUT2D eigenvalue weighted by atomic mass is 10.0. The number of aromatic nitrogens is 4. The molecule has 0 saturated heterocycles. The average Bonchev–Trinajstić information content (AvgIpc) is 2.85. The molecule has 0 bridgehead atoms. The molecule has 0 amide bonds. The third kappa shape index (κ3) is 2.53. The number of nitrogens with zero attached hydrogens (tertiary/aromatic N) is 4. The Morgan fingerprint density at radius 2 is 1.64 bits per heavy atom. The number of rotatable bonds is 2. The zero-order valence-corrected chi connectivity index (χ0v) is 14.5. The van der Waals surface area contributed by atoms with Gasteiger partial charge in [0, 0.05) is 37.1 Å². The standard InChI is InChI=1S/C19H15ClN4O/c1-23-18(13-6-7-15-16(11-13)22-9-8-21-15)17(19(25)24(23)2)12-4-3-5-14(20)10-12/h3-11H,1-2H3. The molecule has 5 nitrogen and oxygen atoms in total. The summed E-state index contributed by atoms with van der Waals surface area (Å²) in [7, 11) is 3.62. The predicted molar refractivity (Wildman–Crippen MR) is 99.6 cm³/mol. The Labute approximate surface area is 149 Å². The molecule has 2 heterocycles. The molecule has 4 rings (SSSR count). The molecular weight excluding hydrogens is 336 g/mol. The quantitative estimate of drug-likeness (QED) is 0.554. The number of hydrogen-bond acceptors (Lipinski definition) is 3. The van der Waals surface area contributed by atoms with Crippen LogP contribution in [0.3, 0.4) is 0 Å². The van der Waals surface area contributed by atoms with Crippen LogP contribution in [-0.2, 0) is 14.1 Å². The van der Waals surface area contributed by atoms with Gasteiger partial charge in [0.1, 0.15) is 0 Å². The van der Waals surface area contributed by atoms with Crippen LogP contribution in [0.1, 0.15) is 0 Å². The molecule has 0 unspecified atom stereocenters. The molecule has 2 aromatic heterocycles. The van der Waals surface area contributed by atoms with Crippen molar-refractivity contribution in [1.29, 1.82) is 0 Å². The van der Waals surface area contributed by atoms with Crippen LogP contribution in [0.2, 0.25) is 5.02 Å². The van der Waals surface area contributed by atoms with Gasteiger partial charge in [-0.2, -0.15) is 0 Å². The van der Waals surface area contributed by atoms with Gasteiger partial charge in [0.2, 0.25) is 0 Å². The van der Waals surface area contributed by atoms with Crippen LogP contribution in [0, 0.1) is 0 Å². The van der Waals surface area contributed by atoms with Gasteiger partial charge >= 0.3 is 0 Å². The molecule has 0 aliphatic heterocycles.